The number of rotatable bonds is 0. The van der Waals surface area contributed by atoms with Crippen molar-refractivity contribution in [2.45, 2.75) is 0 Å². The first-order valence-electron chi connectivity index (χ1n) is 1.92. The van der Waals surface area contributed by atoms with Crippen LogP contribution < -0.4 is 5.32 Å². The maximum absolute atomic E-state index is 10.3. The molecule has 2 amide bonds. The van der Waals surface area contributed by atoms with Crippen molar-refractivity contribution in [1.29, 1.82) is 0 Å². The molecular formula is C3H5Cl2NO3S. The summed E-state index contributed by atoms with van der Waals surface area (Å²) in [6.45, 7) is 0. The molecule has 0 spiro atoms. The highest BCUT2D eigenvalue weighted by Crippen LogP contribution is 1.98. The summed E-state index contributed by atoms with van der Waals surface area (Å²) in [7, 11) is 0. The highest BCUT2D eigenvalue weighted by atomic mass is 35.5. The molecule has 1 aliphatic rings. The average Bonchev–Trinajstić information content (AvgIpc) is 1.85. The fourth-order valence-corrected chi connectivity index (χ4v) is 1.06. The number of carbonyl (C=O) groups is 2. The standard InChI is InChI=1S/C3H3NO3S.2ClH/c5-2-1-8(7)3(6)4-2;;/h1H2,(H,4,5,6);2*1H. The summed E-state index contributed by atoms with van der Waals surface area (Å²) in [4.78, 5) is 20.3. The lowest BCUT2D eigenvalue weighted by molar-refractivity contribution is -0.117. The topological polar surface area (TPSA) is 69.2 Å². The summed E-state index contributed by atoms with van der Waals surface area (Å²) in [6, 6.07) is 0. The summed E-state index contributed by atoms with van der Waals surface area (Å²) in [5.74, 6) is -0.618. The van der Waals surface area contributed by atoms with Crippen LogP contribution in [0, 0.1) is 0 Å². The third-order valence-electron chi connectivity index (χ3n) is 0.710. The summed E-state index contributed by atoms with van der Waals surface area (Å²) in [5.41, 5.74) is 0. The molecule has 7 heteroatoms. The van der Waals surface area contributed by atoms with E-state index in [0.29, 0.717) is 0 Å². The van der Waals surface area contributed by atoms with Crippen LogP contribution in [0.5, 0.6) is 0 Å². The van der Waals surface area contributed by atoms with Crippen LogP contribution in [0.15, 0.2) is 0 Å². The second kappa shape index (κ2) is 4.79. The minimum Gasteiger partial charge on any atom is -0.607 e. The molecule has 0 radical (unpaired) electrons. The van der Waals surface area contributed by atoms with Crippen molar-refractivity contribution in [3.05, 3.63) is 0 Å². The van der Waals surface area contributed by atoms with Crippen LogP contribution in [0.1, 0.15) is 0 Å². The molecular weight excluding hydrogens is 201 g/mol. The molecule has 4 nitrogen and oxygen atoms in total. The predicted octanol–water partition coefficient (Wildman–Crippen LogP) is -0.172. The van der Waals surface area contributed by atoms with Crippen molar-refractivity contribution in [2.24, 2.45) is 0 Å². The van der Waals surface area contributed by atoms with Gasteiger partial charge in [-0.2, -0.15) is 0 Å². The quantitative estimate of drug-likeness (QED) is 0.559. The van der Waals surface area contributed by atoms with E-state index in [-0.39, 0.29) is 30.6 Å². The minimum atomic E-state index is -1.60. The van der Waals surface area contributed by atoms with Gasteiger partial charge in [-0.15, -0.1) is 24.8 Å². The fraction of sp³-hybridized carbons (Fsp3) is 0.333. The van der Waals surface area contributed by atoms with Gasteiger partial charge in [0.15, 0.2) is 5.75 Å². The van der Waals surface area contributed by atoms with Crippen molar-refractivity contribution in [3.8, 4) is 0 Å². The van der Waals surface area contributed by atoms with Gasteiger partial charge in [-0.25, -0.2) is 10.1 Å². The van der Waals surface area contributed by atoms with E-state index in [0.717, 1.165) is 0 Å². The smallest absolute Gasteiger partial charge is 0.434 e. The number of hydrogen-bond acceptors (Lipinski definition) is 3. The molecule has 0 aromatic rings. The minimum absolute atomic E-state index is 0. The van der Waals surface area contributed by atoms with Gasteiger partial charge in [-0.05, 0) is 0 Å². The van der Waals surface area contributed by atoms with E-state index in [9.17, 15) is 14.1 Å². The van der Waals surface area contributed by atoms with Crippen molar-refractivity contribution >= 4 is 47.1 Å². The lowest BCUT2D eigenvalue weighted by atomic mass is 10.7. The maximum atomic E-state index is 10.3. The van der Waals surface area contributed by atoms with Gasteiger partial charge in [0.05, 0.1) is 11.2 Å². The Kier molecular flexibility index (Phi) is 6.07. The predicted molar refractivity (Wildman–Crippen MR) is 41.0 cm³/mol. The Morgan fingerprint density at radius 3 is 2.00 bits per heavy atom. The SMILES string of the molecule is Cl.Cl.O=C1C[S+]([O-])C(=O)N1. The van der Waals surface area contributed by atoms with E-state index in [1.807, 2.05) is 5.32 Å². The molecule has 60 valence electrons. The van der Waals surface area contributed by atoms with Crippen molar-refractivity contribution in [1.82, 2.24) is 5.32 Å². The van der Waals surface area contributed by atoms with Gasteiger partial charge in [0.25, 0.3) is 5.91 Å². The highest BCUT2D eigenvalue weighted by Gasteiger charge is 2.32. The van der Waals surface area contributed by atoms with Crippen LogP contribution >= 0.6 is 24.8 Å². The molecule has 1 atom stereocenters. The van der Waals surface area contributed by atoms with Gasteiger partial charge in [0.2, 0.25) is 0 Å². The van der Waals surface area contributed by atoms with Crippen molar-refractivity contribution in [3.63, 3.8) is 0 Å². The zero-order valence-corrected chi connectivity index (χ0v) is 7.11. The van der Waals surface area contributed by atoms with Gasteiger partial charge < -0.3 is 4.55 Å². The van der Waals surface area contributed by atoms with Crippen LogP contribution in [0.25, 0.3) is 0 Å². The number of hydrogen-bond donors (Lipinski definition) is 1. The van der Waals surface area contributed by atoms with E-state index in [4.69, 9.17) is 0 Å². The third-order valence-corrected chi connectivity index (χ3v) is 1.75. The van der Waals surface area contributed by atoms with E-state index in [2.05, 4.69) is 0 Å². The van der Waals surface area contributed by atoms with Gasteiger partial charge in [0, 0.05) is 0 Å². The van der Waals surface area contributed by atoms with Gasteiger partial charge in [-0.3, -0.25) is 4.79 Å². The second-order valence-electron chi connectivity index (χ2n) is 1.33. The molecule has 0 aliphatic carbocycles. The zero-order valence-electron chi connectivity index (χ0n) is 4.66. The fourth-order valence-electron chi connectivity index (χ4n) is 0.391. The van der Waals surface area contributed by atoms with Crippen LogP contribution in [-0.4, -0.2) is 21.5 Å². The zero-order chi connectivity index (χ0) is 6.15. The van der Waals surface area contributed by atoms with Crippen molar-refractivity contribution in [2.75, 3.05) is 5.75 Å². The molecule has 1 fully saturated rings. The number of amides is 2. The van der Waals surface area contributed by atoms with Gasteiger partial charge in [0.1, 0.15) is 0 Å². The molecule has 1 saturated heterocycles. The Bertz CT molecular complexity index is 153. The monoisotopic (exact) mass is 205 g/mol. The molecule has 0 aromatic heterocycles. The third kappa shape index (κ3) is 2.74. The lowest BCUT2D eigenvalue weighted by Crippen LogP contribution is -2.20. The molecule has 0 aromatic carbocycles. The number of imide groups is 1. The molecule has 1 aliphatic heterocycles. The molecule has 10 heavy (non-hydrogen) atoms. The van der Waals surface area contributed by atoms with Gasteiger partial charge in [-0.1, -0.05) is 0 Å². The number of halogens is 2. The van der Waals surface area contributed by atoms with Gasteiger partial charge >= 0.3 is 5.24 Å². The second-order valence-corrected chi connectivity index (χ2v) is 2.68. The Balaban J connectivity index is 0. The van der Waals surface area contributed by atoms with E-state index >= 15 is 0 Å². The lowest BCUT2D eigenvalue weighted by Gasteiger charge is -1.90. The summed E-state index contributed by atoms with van der Waals surface area (Å²) < 4.78 is 10.3. The molecule has 1 unspecified atom stereocenters. The average molecular weight is 206 g/mol. The highest BCUT2D eigenvalue weighted by molar-refractivity contribution is 8.07. The van der Waals surface area contributed by atoms with Crippen LogP contribution in [0.2, 0.25) is 0 Å². The van der Waals surface area contributed by atoms with E-state index in [1.54, 1.807) is 0 Å². The number of carbonyl (C=O) groups excluding carboxylic acids is 2. The first kappa shape index (κ1) is 12.7. The molecule has 1 N–H and O–H groups in total. The summed E-state index contributed by atoms with van der Waals surface area (Å²) >= 11 is -1.60. The largest absolute Gasteiger partial charge is 0.607 e. The van der Waals surface area contributed by atoms with Crippen LogP contribution in [0.4, 0.5) is 4.79 Å². The Morgan fingerprint density at radius 2 is 1.90 bits per heavy atom. The first-order valence-corrected chi connectivity index (χ1v) is 3.24. The molecule has 1 heterocycles. The van der Waals surface area contributed by atoms with Crippen molar-refractivity contribution < 1.29 is 14.1 Å². The van der Waals surface area contributed by atoms with Crippen LogP contribution in [0.3, 0.4) is 0 Å². The summed E-state index contributed by atoms with van der Waals surface area (Å²) in [6.07, 6.45) is 0. The van der Waals surface area contributed by atoms with E-state index < -0.39 is 22.3 Å². The van der Waals surface area contributed by atoms with Crippen LogP contribution in [-0.2, 0) is 16.0 Å². The molecule has 0 saturated carbocycles. The summed E-state index contributed by atoms with van der Waals surface area (Å²) in [5, 5.41) is 1.22. The maximum Gasteiger partial charge on any atom is 0.434 e. The Labute approximate surface area is 72.7 Å². The number of nitrogens with one attached hydrogen (secondary N) is 1. The Hall–Kier alpha value is 0.0300. The Morgan fingerprint density at radius 1 is 1.40 bits per heavy atom. The molecule has 0 bridgehead atoms. The first-order chi connectivity index (χ1) is 3.70. The molecule has 1 rings (SSSR count). The van der Waals surface area contributed by atoms with E-state index in [1.165, 1.54) is 0 Å². The normalized spacial score (nSPS) is 22.7.